The van der Waals surface area contributed by atoms with Gasteiger partial charge in [0.2, 0.25) is 17.7 Å². The van der Waals surface area contributed by atoms with Crippen LogP contribution in [0.25, 0.3) is 0 Å². The Bertz CT molecular complexity index is 853. The third-order valence-electron chi connectivity index (χ3n) is 5.26. The summed E-state index contributed by atoms with van der Waals surface area (Å²) in [7, 11) is -1.86. The van der Waals surface area contributed by atoms with Crippen molar-refractivity contribution >= 4 is 25.8 Å². The van der Waals surface area contributed by atoms with E-state index in [-0.39, 0.29) is 17.9 Å². The summed E-state index contributed by atoms with van der Waals surface area (Å²) in [6, 6.07) is 3.80. The quantitative estimate of drug-likeness (QED) is 0.454. The fraction of sp³-hybridized carbons (Fsp3) is 0.500. The maximum atomic E-state index is 13.5. The second-order valence-electron chi connectivity index (χ2n) is 8.93. The van der Waals surface area contributed by atoms with Crippen LogP contribution in [0.1, 0.15) is 39.7 Å². The van der Waals surface area contributed by atoms with Crippen LogP contribution >= 0.6 is 0 Å². The molecule has 0 aliphatic carbocycles. The number of amides is 3. The van der Waals surface area contributed by atoms with Crippen LogP contribution in [-0.2, 0) is 20.8 Å². The highest BCUT2D eigenvalue weighted by Gasteiger charge is 2.33. The third kappa shape index (κ3) is 7.99. The van der Waals surface area contributed by atoms with Crippen molar-refractivity contribution in [2.75, 3.05) is 0 Å². The van der Waals surface area contributed by atoms with Crippen molar-refractivity contribution in [1.82, 2.24) is 10.6 Å². The number of carbonyl (C=O) groups excluding carboxylic acids is 3. The SMILES string of the molecule is CC(=O)N[C@@H](Cc1cccc(F)c1)C(=O)N[C@H](CC#C[Si](C)(C)C(C)(C)C)C(N)=O. The summed E-state index contributed by atoms with van der Waals surface area (Å²) in [5.41, 5.74) is 9.27. The summed E-state index contributed by atoms with van der Waals surface area (Å²) in [6.07, 6.45) is 0.157. The molecule has 0 saturated heterocycles. The number of hydrogen-bond acceptors (Lipinski definition) is 3. The van der Waals surface area contributed by atoms with Gasteiger partial charge in [-0.3, -0.25) is 14.4 Å². The molecule has 0 saturated carbocycles. The van der Waals surface area contributed by atoms with Crippen LogP contribution in [0.15, 0.2) is 24.3 Å². The number of nitrogens with two attached hydrogens (primary N) is 1. The van der Waals surface area contributed by atoms with Crippen molar-refractivity contribution in [2.45, 2.75) is 70.8 Å². The Morgan fingerprint density at radius 3 is 2.30 bits per heavy atom. The van der Waals surface area contributed by atoms with E-state index in [0.717, 1.165) is 0 Å². The van der Waals surface area contributed by atoms with Gasteiger partial charge in [-0.25, -0.2) is 4.39 Å². The standard InChI is InChI=1S/C22H32FN3O3Si/c1-15(27)25-19(14-16-9-7-10-17(23)13-16)21(29)26-18(20(24)28)11-8-12-30(5,6)22(2,3)4/h7,9-10,13,18-19H,11,14H2,1-6H3,(H2,24,28)(H,25,27)(H,26,29)/t18-,19+/m1/s1. The molecule has 0 fully saturated rings. The van der Waals surface area contributed by atoms with Crippen LogP contribution < -0.4 is 16.4 Å². The molecule has 1 aromatic rings. The van der Waals surface area contributed by atoms with Gasteiger partial charge >= 0.3 is 0 Å². The Kier molecular flexibility index (Phi) is 8.79. The molecule has 0 aromatic heterocycles. The Hall–Kier alpha value is -2.66. The molecule has 164 valence electrons. The lowest BCUT2D eigenvalue weighted by Gasteiger charge is -2.31. The monoisotopic (exact) mass is 433 g/mol. The number of benzene rings is 1. The minimum absolute atomic E-state index is 0.0624. The Morgan fingerprint density at radius 2 is 1.80 bits per heavy atom. The van der Waals surface area contributed by atoms with Gasteiger partial charge in [0.15, 0.2) is 0 Å². The molecule has 3 amide bonds. The smallest absolute Gasteiger partial charge is 0.243 e. The number of nitrogens with one attached hydrogen (secondary N) is 2. The first-order valence-electron chi connectivity index (χ1n) is 9.84. The minimum atomic E-state index is -1.86. The number of rotatable bonds is 7. The first-order chi connectivity index (χ1) is 13.7. The average Bonchev–Trinajstić information content (AvgIpc) is 2.58. The van der Waals surface area contributed by atoms with E-state index in [9.17, 15) is 18.8 Å². The zero-order valence-corrected chi connectivity index (χ0v) is 19.6. The molecule has 0 aliphatic rings. The number of carbonyl (C=O) groups is 3. The molecule has 4 N–H and O–H groups in total. The van der Waals surface area contributed by atoms with E-state index in [1.165, 1.54) is 25.1 Å². The second-order valence-corrected chi connectivity index (χ2v) is 13.9. The van der Waals surface area contributed by atoms with Gasteiger partial charge in [-0.05, 0) is 22.7 Å². The predicted octanol–water partition coefficient (Wildman–Crippen LogP) is 2.28. The van der Waals surface area contributed by atoms with Crippen LogP contribution in [-0.4, -0.2) is 37.9 Å². The highest BCUT2D eigenvalue weighted by Crippen LogP contribution is 2.35. The van der Waals surface area contributed by atoms with E-state index >= 15 is 0 Å². The van der Waals surface area contributed by atoms with Gasteiger partial charge in [0.1, 0.15) is 26.0 Å². The summed E-state index contributed by atoms with van der Waals surface area (Å²) in [4.78, 5) is 36.1. The van der Waals surface area contributed by atoms with Gasteiger partial charge in [0, 0.05) is 19.8 Å². The molecule has 1 rings (SSSR count). The van der Waals surface area contributed by atoms with Gasteiger partial charge in [0.05, 0.1) is 0 Å². The van der Waals surface area contributed by atoms with Gasteiger partial charge in [-0.15, -0.1) is 11.5 Å². The number of halogens is 1. The largest absolute Gasteiger partial charge is 0.368 e. The molecule has 0 radical (unpaired) electrons. The molecule has 6 nitrogen and oxygen atoms in total. The van der Waals surface area contributed by atoms with Crippen molar-refractivity contribution < 1.29 is 18.8 Å². The van der Waals surface area contributed by atoms with Gasteiger partial charge in [-0.1, -0.05) is 46.0 Å². The molecule has 0 heterocycles. The zero-order valence-electron chi connectivity index (χ0n) is 18.6. The second kappa shape index (κ2) is 10.4. The summed E-state index contributed by atoms with van der Waals surface area (Å²) >= 11 is 0. The molecule has 0 bridgehead atoms. The Balaban J connectivity index is 2.95. The maximum Gasteiger partial charge on any atom is 0.243 e. The maximum absolute atomic E-state index is 13.5. The molecule has 8 heteroatoms. The van der Waals surface area contributed by atoms with Crippen LogP contribution in [0.4, 0.5) is 4.39 Å². The van der Waals surface area contributed by atoms with E-state index < -0.39 is 43.7 Å². The van der Waals surface area contributed by atoms with E-state index in [2.05, 4.69) is 56.0 Å². The Labute approximate surface area is 179 Å². The van der Waals surface area contributed by atoms with Crippen molar-refractivity contribution in [1.29, 1.82) is 0 Å². The minimum Gasteiger partial charge on any atom is -0.368 e. The molecule has 30 heavy (non-hydrogen) atoms. The summed E-state index contributed by atoms with van der Waals surface area (Å²) < 4.78 is 13.5. The van der Waals surface area contributed by atoms with Crippen LogP contribution in [0, 0.1) is 17.3 Å². The van der Waals surface area contributed by atoms with Crippen LogP contribution in [0.2, 0.25) is 18.1 Å². The lowest BCUT2D eigenvalue weighted by Crippen LogP contribution is -2.53. The van der Waals surface area contributed by atoms with Crippen molar-refractivity contribution in [2.24, 2.45) is 5.73 Å². The highest BCUT2D eigenvalue weighted by atomic mass is 28.3. The van der Waals surface area contributed by atoms with Gasteiger partial charge in [-0.2, -0.15) is 0 Å². The zero-order chi connectivity index (χ0) is 23.1. The fourth-order valence-corrected chi connectivity index (χ4v) is 3.33. The van der Waals surface area contributed by atoms with E-state index in [0.29, 0.717) is 5.56 Å². The topological polar surface area (TPSA) is 101 Å². The first kappa shape index (κ1) is 25.4. The summed E-state index contributed by atoms with van der Waals surface area (Å²) in [5, 5.41) is 5.17. The Morgan fingerprint density at radius 1 is 1.17 bits per heavy atom. The average molecular weight is 434 g/mol. The van der Waals surface area contributed by atoms with Crippen LogP contribution in [0.3, 0.4) is 0 Å². The van der Waals surface area contributed by atoms with Crippen molar-refractivity contribution in [3.05, 3.63) is 35.6 Å². The van der Waals surface area contributed by atoms with Crippen molar-refractivity contribution in [3.8, 4) is 11.5 Å². The molecule has 0 spiro atoms. The number of hydrogen-bond donors (Lipinski definition) is 3. The van der Waals surface area contributed by atoms with E-state index in [1.54, 1.807) is 6.07 Å². The normalized spacial score (nSPS) is 13.4. The molecule has 0 aliphatic heterocycles. The molecule has 1 aromatic carbocycles. The van der Waals surface area contributed by atoms with Gasteiger partial charge in [0.25, 0.3) is 0 Å². The molecular weight excluding hydrogens is 401 g/mol. The predicted molar refractivity (Wildman–Crippen MR) is 118 cm³/mol. The molecular formula is C22H32FN3O3Si. The highest BCUT2D eigenvalue weighted by molar-refractivity contribution is 6.87. The lowest BCUT2D eigenvalue weighted by atomic mass is 10.0. The van der Waals surface area contributed by atoms with Crippen molar-refractivity contribution in [3.63, 3.8) is 0 Å². The number of primary amides is 1. The van der Waals surface area contributed by atoms with Gasteiger partial charge < -0.3 is 16.4 Å². The lowest BCUT2D eigenvalue weighted by molar-refractivity contribution is -0.130. The molecule has 0 unspecified atom stereocenters. The summed E-state index contributed by atoms with van der Waals surface area (Å²) in [6.45, 7) is 12.0. The summed E-state index contributed by atoms with van der Waals surface area (Å²) in [5.74, 6) is 0.874. The first-order valence-corrected chi connectivity index (χ1v) is 12.8. The van der Waals surface area contributed by atoms with E-state index in [1.807, 2.05) is 0 Å². The molecule has 2 atom stereocenters. The fourth-order valence-electron chi connectivity index (χ4n) is 2.41. The van der Waals surface area contributed by atoms with E-state index in [4.69, 9.17) is 5.73 Å². The third-order valence-corrected chi connectivity index (χ3v) is 9.82. The van der Waals surface area contributed by atoms with Crippen LogP contribution in [0.5, 0.6) is 0 Å².